The Hall–Kier alpha value is -2.93. The molecule has 1 N–H and O–H groups in total. The van der Waals surface area contributed by atoms with Gasteiger partial charge in [0.2, 0.25) is 5.91 Å². The number of carbonyl (C=O) groups excluding carboxylic acids is 2. The number of hydrogen-bond donors (Lipinski definition) is 1. The maximum atomic E-state index is 12.7. The average Bonchev–Trinajstić information content (AvgIpc) is 3.10. The molecule has 0 bridgehead atoms. The summed E-state index contributed by atoms with van der Waals surface area (Å²) in [7, 11) is 1.32. The minimum Gasteiger partial charge on any atom is -0.467 e. The van der Waals surface area contributed by atoms with Gasteiger partial charge in [-0.05, 0) is 17.7 Å². The number of nitrogens with one attached hydrogen (secondary N) is 1. The second kappa shape index (κ2) is 7.00. The van der Waals surface area contributed by atoms with E-state index < -0.39 is 18.1 Å². The van der Waals surface area contributed by atoms with Gasteiger partial charge in [-0.3, -0.25) is 4.79 Å². The minimum atomic E-state index is -0.784. The molecule has 8 heteroatoms. The number of nitrogens with zero attached hydrogens (tertiary/aromatic N) is 3. The second-order valence-electron chi connectivity index (χ2n) is 6.28. The number of benzene rings is 1. The van der Waals surface area contributed by atoms with E-state index >= 15 is 0 Å². The lowest BCUT2D eigenvalue weighted by atomic mass is 9.90. The molecule has 1 aliphatic rings. The first-order valence-corrected chi connectivity index (χ1v) is 8.99. The van der Waals surface area contributed by atoms with Crippen LogP contribution in [0, 0.1) is 0 Å². The number of carbonyl (C=O) groups is 2. The standard InChI is InChI=1S/C19H17ClN4O3/c1-27-19(26)15-8-12-11-4-2-3-5-13(11)23-17(12)18(24(15)16(25)9-20)14-6-7-21-10-22-14/h2-7,10,15,18,23H,8-9H2,1H3. The van der Waals surface area contributed by atoms with E-state index in [1.807, 2.05) is 24.3 Å². The number of para-hydroxylation sites is 1. The van der Waals surface area contributed by atoms with E-state index in [2.05, 4.69) is 15.0 Å². The van der Waals surface area contributed by atoms with E-state index in [1.54, 1.807) is 12.3 Å². The fraction of sp³-hybridized carbons (Fsp3) is 0.263. The lowest BCUT2D eigenvalue weighted by Gasteiger charge is -2.40. The first kappa shape index (κ1) is 17.5. The number of aromatic nitrogens is 3. The molecule has 1 aromatic carbocycles. The number of amides is 1. The first-order chi connectivity index (χ1) is 13.2. The van der Waals surface area contributed by atoms with Crippen molar-refractivity contribution in [1.29, 1.82) is 0 Å². The van der Waals surface area contributed by atoms with Crippen molar-refractivity contribution in [2.24, 2.45) is 0 Å². The molecule has 3 aromatic rings. The third-order valence-corrected chi connectivity index (χ3v) is 5.12. The number of alkyl halides is 1. The van der Waals surface area contributed by atoms with Crippen LogP contribution in [-0.4, -0.2) is 50.8 Å². The van der Waals surface area contributed by atoms with E-state index in [0.29, 0.717) is 12.1 Å². The lowest BCUT2D eigenvalue weighted by molar-refractivity contribution is -0.154. The first-order valence-electron chi connectivity index (χ1n) is 8.46. The van der Waals surface area contributed by atoms with Gasteiger partial charge in [-0.15, -0.1) is 11.6 Å². The predicted molar refractivity (Wildman–Crippen MR) is 99.2 cm³/mol. The van der Waals surface area contributed by atoms with Crippen molar-refractivity contribution in [3.8, 4) is 0 Å². The van der Waals surface area contributed by atoms with E-state index in [4.69, 9.17) is 16.3 Å². The van der Waals surface area contributed by atoms with Gasteiger partial charge >= 0.3 is 5.97 Å². The van der Waals surface area contributed by atoms with Crippen LogP contribution in [0.5, 0.6) is 0 Å². The summed E-state index contributed by atoms with van der Waals surface area (Å²) in [6, 6.07) is 8.20. The van der Waals surface area contributed by atoms with Gasteiger partial charge in [-0.2, -0.15) is 0 Å². The monoisotopic (exact) mass is 384 g/mol. The summed E-state index contributed by atoms with van der Waals surface area (Å²) < 4.78 is 4.98. The topological polar surface area (TPSA) is 88.2 Å². The van der Waals surface area contributed by atoms with E-state index in [0.717, 1.165) is 22.2 Å². The molecule has 1 aliphatic heterocycles. The Labute approximate surface area is 160 Å². The van der Waals surface area contributed by atoms with E-state index in [1.165, 1.54) is 18.3 Å². The second-order valence-corrected chi connectivity index (χ2v) is 6.54. The summed E-state index contributed by atoms with van der Waals surface area (Å²) in [6.45, 7) is 0. The average molecular weight is 385 g/mol. The van der Waals surface area contributed by atoms with Crippen LogP contribution in [0.4, 0.5) is 0 Å². The Bertz CT molecular complexity index is 1000. The van der Waals surface area contributed by atoms with Crippen LogP contribution in [0.1, 0.15) is 23.0 Å². The molecule has 27 heavy (non-hydrogen) atoms. The molecule has 138 valence electrons. The fourth-order valence-electron chi connectivity index (χ4n) is 3.76. The summed E-state index contributed by atoms with van der Waals surface area (Å²) in [5.74, 6) is -1.09. The van der Waals surface area contributed by atoms with Crippen molar-refractivity contribution in [2.45, 2.75) is 18.5 Å². The molecule has 0 spiro atoms. The van der Waals surface area contributed by atoms with Crippen LogP contribution in [0.3, 0.4) is 0 Å². The predicted octanol–water partition coefficient (Wildman–Crippen LogP) is 2.21. The third-order valence-electron chi connectivity index (χ3n) is 4.89. The quantitative estimate of drug-likeness (QED) is 0.552. The van der Waals surface area contributed by atoms with Crippen molar-refractivity contribution in [3.05, 3.63) is 59.8 Å². The summed E-state index contributed by atoms with van der Waals surface area (Å²) in [6.07, 6.45) is 3.37. The molecule has 2 aromatic heterocycles. The smallest absolute Gasteiger partial charge is 0.328 e. The zero-order valence-corrected chi connectivity index (χ0v) is 15.3. The van der Waals surface area contributed by atoms with Crippen LogP contribution in [0.15, 0.2) is 42.9 Å². The fourth-order valence-corrected chi connectivity index (χ4v) is 3.90. The molecule has 3 heterocycles. The number of ether oxygens (including phenoxy) is 1. The Morgan fingerprint density at radius 2 is 2.15 bits per heavy atom. The van der Waals surface area contributed by atoms with Gasteiger partial charge in [0.25, 0.3) is 0 Å². The number of hydrogen-bond acceptors (Lipinski definition) is 5. The highest BCUT2D eigenvalue weighted by molar-refractivity contribution is 6.27. The molecule has 0 radical (unpaired) electrons. The Morgan fingerprint density at radius 1 is 1.33 bits per heavy atom. The van der Waals surface area contributed by atoms with Crippen molar-refractivity contribution in [1.82, 2.24) is 19.9 Å². The number of fused-ring (bicyclic) bond motifs is 3. The molecule has 0 fully saturated rings. The Balaban J connectivity index is 1.98. The summed E-state index contributed by atoms with van der Waals surface area (Å²) in [5.41, 5.74) is 3.34. The van der Waals surface area contributed by atoms with Crippen LogP contribution < -0.4 is 0 Å². The van der Waals surface area contributed by atoms with Crippen molar-refractivity contribution in [3.63, 3.8) is 0 Å². The van der Waals surface area contributed by atoms with E-state index in [9.17, 15) is 9.59 Å². The minimum absolute atomic E-state index is 0.245. The highest BCUT2D eigenvalue weighted by Crippen LogP contribution is 2.40. The van der Waals surface area contributed by atoms with Crippen molar-refractivity contribution >= 4 is 34.4 Å². The largest absolute Gasteiger partial charge is 0.467 e. The summed E-state index contributed by atoms with van der Waals surface area (Å²) >= 11 is 5.87. The molecule has 2 atom stereocenters. The normalized spacial score (nSPS) is 19.0. The highest BCUT2D eigenvalue weighted by atomic mass is 35.5. The van der Waals surface area contributed by atoms with Gasteiger partial charge in [0, 0.05) is 29.2 Å². The maximum absolute atomic E-state index is 12.7. The van der Waals surface area contributed by atoms with Crippen molar-refractivity contribution < 1.29 is 14.3 Å². The zero-order valence-electron chi connectivity index (χ0n) is 14.6. The Kier molecular flexibility index (Phi) is 4.53. The molecular formula is C19H17ClN4O3. The lowest BCUT2D eigenvalue weighted by Crippen LogP contribution is -2.52. The number of rotatable bonds is 3. The summed E-state index contributed by atoms with van der Waals surface area (Å²) in [5, 5.41) is 1.01. The third kappa shape index (κ3) is 2.84. The van der Waals surface area contributed by atoms with Crippen LogP contribution in [0.25, 0.3) is 10.9 Å². The molecule has 2 unspecified atom stereocenters. The molecular weight excluding hydrogens is 368 g/mol. The molecule has 0 saturated heterocycles. The number of esters is 1. The SMILES string of the molecule is COC(=O)C1Cc2c([nH]c3ccccc23)C(c2ccncn2)N1C(=O)CCl. The number of halogens is 1. The van der Waals surface area contributed by atoms with Crippen LogP contribution in [0.2, 0.25) is 0 Å². The van der Waals surface area contributed by atoms with Crippen molar-refractivity contribution in [2.75, 3.05) is 13.0 Å². The van der Waals surface area contributed by atoms with Gasteiger partial charge in [0.15, 0.2) is 0 Å². The Morgan fingerprint density at radius 3 is 2.85 bits per heavy atom. The highest BCUT2D eigenvalue weighted by Gasteiger charge is 2.44. The van der Waals surface area contributed by atoms with E-state index in [-0.39, 0.29) is 11.8 Å². The number of aromatic amines is 1. The van der Waals surface area contributed by atoms with Gasteiger partial charge < -0.3 is 14.6 Å². The van der Waals surface area contributed by atoms with Gasteiger partial charge in [0.1, 0.15) is 24.3 Å². The molecule has 1 amide bonds. The van der Waals surface area contributed by atoms with Crippen LogP contribution >= 0.6 is 11.6 Å². The summed E-state index contributed by atoms with van der Waals surface area (Å²) in [4.78, 5) is 38.4. The maximum Gasteiger partial charge on any atom is 0.328 e. The zero-order chi connectivity index (χ0) is 19.0. The van der Waals surface area contributed by atoms with Gasteiger partial charge in [0.05, 0.1) is 12.8 Å². The molecule has 0 saturated carbocycles. The van der Waals surface area contributed by atoms with Gasteiger partial charge in [-0.1, -0.05) is 18.2 Å². The van der Waals surface area contributed by atoms with Gasteiger partial charge in [-0.25, -0.2) is 14.8 Å². The molecule has 7 nitrogen and oxygen atoms in total. The number of methoxy groups -OCH3 is 1. The molecule has 0 aliphatic carbocycles. The molecule has 4 rings (SSSR count). The number of H-pyrrole nitrogens is 1. The van der Waals surface area contributed by atoms with Crippen LogP contribution in [-0.2, 0) is 20.7 Å².